The van der Waals surface area contributed by atoms with Gasteiger partial charge in [-0.05, 0) is 113 Å². The van der Waals surface area contributed by atoms with E-state index < -0.39 is 0 Å². The summed E-state index contributed by atoms with van der Waals surface area (Å²) in [5.41, 5.74) is 8.46. The third-order valence-electron chi connectivity index (χ3n) is 11.0. The number of benzene rings is 10. The van der Waals surface area contributed by atoms with E-state index in [1.165, 1.54) is 76.1 Å². The molecule has 12 aromatic rings. The molecule has 2 aromatic heterocycles. The van der Waals surface area contributed by atoms with Gasteiger partial charge in [0.15, 0.2) is 0 Å². The Morgan fingerprint density at radius 2 is 0.800 bits per heavy atom. The largest absolute Gasteiger partial charge is 0.456 e. The van der Waals surface area contributed by atoms with Crippen LogP contribution in [0.5, 0.6) is 0 Å². The highest BCUT2D eigenvalue weighted by Gasteiger charge is 2.22. The normalized spacial score (nSPS) is 12.4. The van der Waals surface area contributed by atoms with Gasteiger partial charge in [0.2, 0.25) is 0 Å². The van der Waals surface area contributed by atoms with Gasteiger partial charge in [-0.15, -0.1) is 0 Å². The summed E-state index contributed by atoms with van der Waals surface area (Å²) in [6, 6.07) is 57.3. The topological polar surface area (TPSA) is 26.3 Å². The van der Waals surface area contributed by atoms with Crippen LogP contribution in [-0.2, 0) is 0 Å². The molecule has 0 unspecified atom stereocenters. The summed E-state index contributed by atoms with van der Waals surface area (Å²) in [4.78, 5) is 0. The average Bonchev–Trinajstić information content (AvgIpc) is 3.73. The van der Waals surface area contributed by atoms with Gasteiger partial charge in [-0.2, -0.15) is 0 Å². The van der Waals surface area contributed by atoms with Crippen LogP contribution in [0.15, 0.2) is 167 Å². The summed E-state index contributed by atoms with van der Waals surface area (Å²) in [6.07, 6.45) is 0. The number of fused-ring (bicyclic) bond motifs is 9. The van der Waals surface area contributed by atoms with E-state index in [0.717, 1.165) is 43.9 Å². The van der Waals surface area contributed by atoms with Crippen molar-refractivity contribution in [3.63, 3.8) is 0 Å². The maximum Gasteiger partial charge on any atom is 0.136 e. The minimum atomic E-state index is 0.870. The van der Waals surface area contributed by atoms with Crippen molar-refractivity contribution >= 4 is 97.7 Å². The molecule has 0 aliphatic heterocycles. The molecule has 2 heteroatoms. The smallest absolute Gasteiger partial charge is 0.136 e. The van der Waals surface area contributed by atoms with E-state index in [-0.39, 0.29) is 0 Å². The average molecular weight is 635 g/mol. The lowest BCUT2D eigenvalue weighted by Gasteiger charge is -2.20. The number of hydrogen-bond donors (Lipinski definition) is 0. The van der Waals surface area contributed by atoms with Gasteiger partial charge in [0.05, 0.1) is 0 Å². The fourth-order valence-corrected chi connectivity index (χ4v) is 8.94. The first kappa shape index (κ1) is 26.3. The molecule has 50 heavy (non-hydrogen) atoms. The molecule has 12 rings (SSSR count). The Labute approximate surface area is 285 Å². The van der Waals surface area contributed by atoms with Crippen LogP contribution in [0, 0.1) is 0 Å². The zero-order valence-electron chi connectivity index (χ0n) is 26.8. The Balaban J connectivity index is 1.21. The predicted octanol–water partition coefficient (Wildman–Crippen LogP) is 14.0. The van der Waals surface area contributed by atoms with Crippen molar-refractivity contribution in [1.29, 1.82) is 0 Å². The van der Waals surface area contributed by atoms with Gasteiger partial charge in [0.25, 0.3) is 0 Å². The van der Waals surface area contributed by atoms with Crippen LogP contribution in [0.25, 0.3) is 120 Å². The van der Waals surface area contributed by atoms with Gasteiger partial charge in [0.1, 0.15) is 22.3 Å². The summed E-state index contributed by atoms with van der Waals surface area (Å²) >= 11 is 0. The van der Waals surface area contributed by atoms with Crippen molar-refractivity contribution in [2.45, 2.75) is 0 Å². The van der Waals surface area contributed by atoms with E-state index in [0.29, 0.717) is 0 Å². The third kappa shape index (κ3) is 3.37. The van der Waals surface area contributed by atoms with Crippen molar-refractivity contribution in [3.8, 4) is 22.3 Å². The molecule has 0 aliphatic rings. The molecule has 0 fully saturated rings. The second kappa shape index (κ2) is 9.49. The zero-order chi connectivity index (χ0) is 32.5. The number of hydrogen-bond acceptors (Lipinski definition) is 2. The SMILES string of the molecule is c1cc2ccc3cccc4c(-c5c6ccccc6c(-c6ccc7oc8ccc9oc%10ccccc%10c9c8c7c6)c6ccccc56)cc(c1)c2c34. The van der Waals surface area contributed by atoms with Crippen LogP contribution in [-0.4, -0.2) is 0 Å². The molecule has 0 radical (unpaired) electrons. The molecule has 10 aromatic carbocycles. The number of furan rings is 2. The number of para-hydroxylation sites is 1. The van der Waals surface area contributed by atoms with E-state index >= 15 is 0 Å². The molecule has 2 nitrogen and oxygen atoms in total. The molecule has 230 valence electrons. The van der Waals surface area contributed by atoms with Crippen LogP contribution >= 0.6 is 0 Å². The molecule has 0 aliphatic carbocycles. The predicted molar refractivity (Wildman–Crippen MR) is 211 cm³/mol. The Morgan fingerprint density at radius 3 is 1.52 bits per heavy atom. The van der Waals surface area contributed by atoms with Gasteiger partial charge in [-0.1, -0.05) is 121 Å². The first-order valence-electron chi connectivity index (χ1n) is 17.2. The lowest BCUT2D eigenvalue weighted by molar-refractivity contribution is 0.663. The van der Waals surface area contributed by atoms with E-state index in [1.807, 2.05) is 24.3 Å². The van der Waals surface area contributed by atoms with E-state index in [4.69, 9.17) is 8.83 Å². The van der Waals surface area contributed by atoms with Crippen molar-refractivity contribution in [3.05, 3.63) is 158 Å². The molecule has 0 amide bonds. The third-order valence-corrected chi connectivity index (χ3v) is 11.0. The molecule has 0 atom stereocenters. The summed E-state index contributed by atoms with van der Waals surface area (Å²) in [5.74, 6) is 0. The first-order valence-corrected chi connectivity index (χ1v) is 17.2. The van der Waals surface area contributed by atoms with Crippen molar-refractivity contribution in [1.82, 2.24) is 0 Å². The Morgan fingerprint density at radius 1 is 0.280 bits per heavy atom. The standard InChI is InChI=1S/C48H26O2/c1-3-14-33-31(12-1)44(30-21-22-40-38(26-30)48-42(50-40)24-23-41-47(48)36-16-5-6-18-39(36)49-41)32-13-2-4-15-34(32)46(33)37-25-29-11-7-9-27-19-20-28-10-8-17-35(37)45(28)43(27)29/h1-26H. The maximum absolute atomic E-state index is 6.47. The molecule has 2 heterocycles. The molecule has 0 spiro atoms. The van der Waals surface area contributed by atoms with Gasteiger partial charge in [-0.25, -0.2) is 0 Å². The minimum Gasteiger partial charge on any atom is -0.456 e. The lowest BCUT2D eigenvalue weighted by atomic mass is 9.82. The highest BCUT2D eigenvalue weighted by atomic mass is 16.3. The summed E-state index contributed by atoms with van der Waals surface area (Å²) in [7, 11) is 0. The maximum atomic E-state index is 6.47. The fourth-order valence-electron chi connectivity index (χ4n) is 8.94. The van der Waals surface area contributed by atoms with Crippen LogP contribution in [0.2, 0.25) is 0 Å². The highest BCUT2D eigenvalue weighted by Crippen LogP contribution is 2.49. The molecular weight excluding hydrogens is 609 g/mol. The van der Waals surface area contributed by atoms with E-state index in [2.05, 4.69) is 133 Å². The first-order chi connectivity index (χ1) is 24.8. The zero-order valence-corrected chi connectivity index (χ0v) is 26.8. The van der Waals surface area contributed by atoms with Gasteiger partial charge >= 0.3 is 0 Å². The Hall–Kier alpha value is -6.64. The van der Waals surface area contributed by atoms with Gasteiger partial charge in [0, 0.05) is 21.5 Å². The summed E-state index contributed by atoms with van der Waals surface area (Å²) in [5, 5.41) is 17.2. The molecule has 0 N–H and O–H groups in total. The monoisotopic (exact) mass is 634 g/mol. The quantitative estimate of drug-likeness (QED) is 0.140. The van der Waals surface area contributed by atoms with Crippen LogP contribution < -0.4 is 0 Å². The summed E-state index contributed by atoms with van der Waals surface area (Å²) in [6.45, 7) is 0. The molecule has 0 saturated heterocycles. The molecular formula is C48H26O2. The second-order valence-electron chi connectivity index (χ2n) is 13.5. The Kier molecular flexibility index (Phi) is 5.00. The lowest BCUT2D eigenvalue weighted by Crippen LogP contribution is -1.93. The van der Waals surface area contributed by atoms with Gasteiger partial charge in [-0.3, -0.25) is 0 Å². The van der Waals surface area contributed by atoms with Crippen molar-refractivity contribution in [2.24, 2.45) is 0 Å². The van der Waals surface area contributed by atoms with Crippen molar-refractivity contribution in [2.75, 3.05) is 0 Å². The fraction of sp³-hybridized carbons (Fsp3) is 0. The van der Waals surface area contributed by atoms with Crippen LogP contribution in [0.1, 0.15) is 0 Å². The van der Waals surface area contributed by atoms with Crippen LogP contribution in [0.4, 0.5) is 0 Å². The summed E-state index contributed by atoms with van der Waals surface area (Å²) < 4.78 is 12.8. The highest BCUT2D eigenvalue weighted by molar-refractivity contribution is 6.31. The molecule has 0 saturated carbocycles. The Bertz CT molecular complexity index is 3320. The second-order valence-corrected chi connectivity index (χ2v) is 13.5. The number of rotatable bonds is 2. The van der Waals surface area contributed by atoms with E-state index in [1.54, 1.807) is 0 Å². The van der Waals surface area contributed by atoms with E-state index in [9.17, 15) is 0 Å². The van der Waals surface area contributed by atoms with Gasteiger partial charge < -0.3 is 8.83 Å². The van der Waals surface area contributed by atoms with Crippen LogP contribution in [0.3, 0.4) is 0 Å². The molecule has 0 bridgehead atoms. The van der Waals surface area contributed by atoms with Crippen molar-refractivity contribution < 1.29 is 8.83 Å². The minimum absolute atomic E-state index is 0.870.